The van der Waals surface area contributed by atoms with Crippen molar-refractivity contribution in [2.24, 2.45) is 0 Å². The van der Waals surface area contributed by atoms with E-state index in [1.807, 2.05) is 62.6 Å². The zero-order valence-electron chi connectivity index (χ0n) is 16.7. The minimum absolute atomic E-state index is 0.0696. The second-order valence-corrected chi connectivity index (χ2v) is 7.12. The Kier molecular flexibility index (Phi) is 7.28. The summed E-state index contributed by atoms with van der Waals surface area (Å²) in [5.74, 6) is 0.774. The summed E-state index contributed by atoms with van der Waals surface area (Å²) in [6.07, 6.45) is 0. The number of morpholine rings is 1. The third-order valence-corrected chi connectivity index (χ3v) is 4.69. The van der Waals surface area contributed by atoms with Gasteiger partial charge in [-0.15, -0.1) is 0 Å². The predicted molar refractivity (Wildman–Crippen MR) is 111 cm³/mol. The average Bonchev–Trinajstić information content (AvgIpc) is 2.73. The van der Waals surface area contributed by atoms with Crippen molar-refractivity contribution >= 4 is 11.6 Å². The lowest BCUT2D eigenvalue weighted by atomic mass is 10.1. The van der Waals surface area contributed by atoms with E-state index >= 15 is 0 Å². The van der Waals surface area contributed by atoms with E-state index in [4.69, 9.17) is 9.47 Å². The van der Waals surface area contributed by atoms with E-state index in [0.29, 0.717) is 18.7 Å². The van der Waals surface area contributed by atoms with Crippen LogP contribution in [-0.2, 0) is 11.3 Å². The first-order valence-electron chi connectivity index (χ1n) is 9.69. The third-order valence-electron chi connectivity index (χ3n) is 4.69. The molecule has 6 nitrogen and oxygen atoms in total. The van der Waals surface area contributed by atoms with Crippen molar-refractivity contribution in [2.45, 2.75) is 6.54 Å². The molecule has 0 atom stereocenters. The molecule has 0 aromatic heterocycles. The van der Waals surface area contributed by atoms with Gasteiger partial charge in [0.15, 0.2) is 0 Å². The highest BCUT2D eigenvalue weighted by Crippen LogP contribution is 2.17. The molecule has 6 heteroatoms. The van der Waals surface area contributed by atoms with Gasteiger partial charge >= 0.3 is 0 Å². The normalized spacial score (nSPS) is 14.2. The average molecular weight is 383 g/mol. The van der Waals surface area contributed by atoms with Crippen molar-refractivity contribution in [2.75, 3.05) is 58.5 Å². The van der Waals surface area contributed by atoms with Crippen LogP contribution in [0, 0.1) is 0 Å². The Morgan fingerprint density at radius 2 is 1.75 bits per heavy atom. The van der Waals surface area contributed by atoms with Crippen LogP contribution in [-0.4, -0.2) is 64.4 Å². The maximum Gasteiger partial charge on any atom is 0.251 e. The number of amides is 1. The van der Waals surface area contributed by atoms with Gasteiger partial charge in [-0.2, -0.15) is 0 Å². The van der Waals surface area contributed by atoms with Crippen LogP contribution in [0.15, 0.2) is 48.5 Å². The highest BCUT2D eigenvalue weighted by molar-refractivity contribution is 5.94. The first-order chi connectivity index (χ1) is 13.6. The molecule has 0 aliphatic carbocycles. The van der Waals surface area contributed by atoms with E-state index in [0.717, 1.165) is 49.8 Å². The summed E-state index contributed by atoms with van der Waals surface area (Å²) in [4.78, 5) is 16.8. The van der Waals surface area contributed by atoms with Crippen LogP contribution in [0.1, 0.15) is 15.9 Å². The van der Waals surface area contributed by atoms with Gasteiger partial charge in [0, 0.05) is 37.4 Å². The van der Waals surface area contributed by atoms with Crippen LogP contribution in [0.5, 0.6) is 5.75 Å². The fraction of sp³-hybridized carbons (Fsp3) is 0.409. The lowest BCUT2D eigenvalue weighted by molar-refractivity contribution is 0.0951. The molecule has 1 fully saturated rings. The summed E-state index contributed by atoms with van der Waals surface area (Å²) in [5, 5.41) is 2.97. The number of rotatable bonds is 8. The van der Waals surface area contributed by atoms with Crippen molar-refractivity contribution in [3.8, 4) is 5.75 Å². The maximum absolute atomic E-state index is 12.4. The van der Waals surface area contributed by atoms with E-state index in [-0.39, 0.29) is 5.91 Å². The Hall–Kier alpha value is -2.57. The molecule has 1 saturated heterocycles. The molecule has 0 saturated carbocycles. The Balaban J connectivity index is 1.47. The number of nitrogens with zero attached hydrogens (tertiary/aromatic N) is 2. The molecule has 1 heterocycles. The monoisotopic (exact) mass is 383 g/mol. The second-order valence-electron chi connectivity index (χ2n) is 7.12. The van der Waals surface area contributed by atoms with Crippen molar-refractivity contribution in [3.05, 3.63) is 59.7 Å². The number of hydrogen-bond donors (Lipinski definition) is 1. The number of benzene rings is 2. The largest absolute Gasteiger partial charge is 0.492 e. The van der Waals surface area contributed by atoms with Crippen LogP contribution in [0.3, 0.4) is 0 Å². The molecule has 1 aliphatic heterocycles. The lowest BCUT2D eigenvalue weighted by Crippen LogP contribution is -2.36. The van der Waals surface area contributed by atoms with E-state index in [1.54, 1.807) is 0 Å². The summed E-state index contributed by atoms with van der Waals surface area (Å²) in [5.41, 5.74) is 2.84. The van der Waals surface area contributed by atoms with Crippen LogP contribution in [0.25, 0.3) is 0 Å². The SMILES string of the molecule is CN(C)CCOc1ccc(CNC(=O)c2ccc(N3CCOCC3)cc2)cc1. The van der Waals surface area contributed by atoms with E-state index in [1.165, 1.54) is 0 Å². The molecule has 0 unspecified atom stereocenters. The van der Waals surface area contributed by atoms with Gasteiger partial charge in [-0.25, -0.2) is 0 Å². The standard InChI is InChI=1S/C22H29N3O3/c1-24(2)11-16-28-21-9-3-18(4-10-21)17-23-22(26)19-5-7-20(8-6-19)25-12-14-27-15-13-25/h3-10H,11-17H2,1-2H3,(H,23,26). The fourth-order valence-electron chi connectivity index (χ4n) is 2.98. The fourth-order valence-corrected chi connectivity index (χ4v) is 2.98. The first-order valence-corrected chi connectivity index (χ1v) is 9.69. The number of carbonyl (C=O) groups is 1. The van der Waals surface area contributed by atoms with Crippen molar-refractivity contribution in [1.29, 1.82) is 0 Å². The molecule has 1 N–H and O–H groups in total. The van der Waals surface area contributed by atoms with Crippen LogP contribution >= 0.6 is 0 Å². The predicted octanol–water partition coefficient (Wildman–Crippen LogP) is 2.39. The van der Waals surface area contributed by atoms with Crippen LogP contribution in [0.2, 0.25) is 0 Å². The first kappa shape index (κ1) is 20.2. The molecule has 150 valence electrons. The minimum Gasteiger partial charge on any atom is -0.492 e. The molecule has 2 aromatic rings. The highest BCUT2D eigenvalue weighted by atomic mass is 16.5. The van der Waals surface area contributed by atoms with E-state index < -0.39 is 0 Å². The number of likely N-dealkylation sites (N-methyl/N-ethyl adjacent to an activating group) is 1. The van der Waals surface area contributed by atoms with Crippen molar-refractivity contribution in [1.82, 2.24) is 10.2 Å². The minimum atomic E-state index is -0.0696. The van der Waals surface area contributed by atoms with Gasteiger partial charge < -0.3 is 24.6 Å². The van der Waals surface area contributed by atoms with E-state index in [2.05, 4.69) is 15.1 Å². The van der Waals surface area contributed by atoms with Crippen LogP contribution in [0.4, 0.5) is 5.69 Å². The Morgan fingerprint density at radius 1 is 1.07 bits per heavy atom. The number of ether oxygens (including phenoxy) is 2. The molecular weight excluding hydrogens is 354 g/mol. The summed E-state index contributed by atoms with van der Waals surface area (Å²) in [6, 6.07) is 15.6. The number of hydrogen-bond acceptors (Lipinski definition) is 5. The molecule has 0 spiro atoms. The van der Waals surface area contributed by atoms with Gasteiger partial charge in [-0.3, -0.25) is 4.79 Å². The molecule has 1 aliphatic rings. The summed E-state index contributed by atoms with van der Waals surface area (Å²) in [6.45, 7) is 5.30. The number of anilines is 1. The van der Waals surface area contributed by atoms with Gasteiger partial charge in [0.2, 0.25) is 0 Å². The Bertz CT molecular complexity index is 739. The highest BCUT2D eigenvalue weighted by Gasteiger charge is 2.12. The van der Waals surface area contributed by atoms with Gasteiger partial charge in [-0.05, 0) is 56.1 Å². The summed E-state index contributed by atoms with van der Waals surface area (Å²) in [7, 11) is 4.04. The molecule has 1 amide bonds. The zero-order chi connectivity index (χ0) is 19.8. The zero-order valence-corrected chi connectivity index (χ0v) is 16.7. The quantitative estimate of drug-likeness (QED) is 0.759. The van der Waals surface area contributed by atoms with Gasteiger partial charge in [-0.1, -0.05) is 12.1 Å². The van der Waals surface area contributed by atoms with Crippen molar-refractivity contribution in [3.63, 3.8) is 0 Å². The lowest BCUT2D eigenvalue weighted by Gasteiger charge is -2.28. The number of carbonyl (C=O) groups excluding carboxylic acids is 1. The maximum atomic E-state index is 12.4. The summed E-state index contributed by atoms with van der Waals surface area (Å²) < 4.78 is 11.1. The molecule has 3 rings (SSSR count). The van der Waals surface area contributed by atoms with E-state index in [9.17, 15) is 4.79 Å². The van der Waals surface area contributed by atoms with Crippen LogP contribution < -0.4 is 15.0 Å². The molecular formula is C22H29N3O3. The van der Waals surface area contributed by atoms with Gasteiger partial charge in [0.25, 0.3) is 5.91 Å². The van der Waals surface area contributed by atoms with Gasteiger partial charge in [0.05, 0.1) is 13.2 Å². The Morgan fingerprint density at radius 3 is 2.39 bits per heavy atom. The third kappa shape index (κ3) is 5.97. The molecule has 28 heavy (non-hydrogen) atoms. The molecule has 0 radical (unpaired) electrons. The Labute approximate surface area is 167 Å². The van der Waals surface area contributed by atoms with Gasteiger partial charge in [0.1, 0.15) is 12.4 Å². The summed E-state index contributed by atoms with van der Waals surface area (Å²) >= 11 is 0. The topological polar surface area (TPSA) is 54.0 Å². The smallest absolute Gasteiger partial charge is 0.251 e. The number of nitrogens with one attached hydrogen (secondary N) is 1. The second kappa shape index (κ2) is 10.1. The van der Waals surface area contributed by atoms with Crippen molar-refractivity contribution < 1.29 is 14.3 Å². The molecule has 2 aromatic carbocycles. The molecule has 0 bridgehead atoms.